The summed E-state index contributed by atoms with van der Waals surface area (Å²) in [7, 11) is 2.00. The summed E-state index contributed by atoms with van der Waals surface area (Å²) in [5.74, 6) is 0. The van der Waals surface area contributed by atoms with Crippen LogP contribution < -0.4 is 10.2 Å². The molecule has 1 aliphatic carbocycles. The topological polar surface area (TPSA) is 39.1 Å². The van der Waals surface area contributed by atoms with Crippen LogP contribution >= 0.6 is 0 Å². The largest absolute Gasteiger partial charge is 0.369 e. The van der Waals surface area contributed by atoms with Gasteiger partial charge in [0.2, 0.25) is 0 Å². The molecule has 0 aliphatic heterocycles. The maximum Gasteiger partial charge on any atom is 0.101 e. The van der Waals surface area contributed by atoms with E-state index in [1.807, 2.05) is 31.3 Å². The SMILES string of the molecule is C=C(CNC1CC1)CN(C)c1ccccc1C#N. The molecule has 0 spiro atoms. The van der Waals surface area contributed by atoms with Gasteiger partial charge in [-0.25, -0.2) is 0 Å². The fourth-order valence-corrected chi connectivity index (χ4v) is 1.95. The minimum absolute atomic E-state index is 0.707. The second kappa shape index (κ2) is 5.70. The Bertz CT molecular complexity index is 469. The lowest BCUT2D eigenvalue weighted by atomic mass is 10.1. The Labute approximate surface area is 109 Å². The molecule has 1 aliphatic rings. The Morgan fingerprint density at radius 2 is 2.22 bits per heavy atom. The Kier molecular flexibility index (Phi) is 4.01. The minimum Gasteiger partial charge on any atom is -0.369 e. The molecule has 0 amide bonds. The quantitative estimate of drug-likeness (QED) is 0.777. The lowest BCUT2D eigenvalue weighted by Crippen LogP contribution is -2.27. The summed E-state index contributed by atoms with van der Waals surface area (Å²) < 4.78 is 0. The van der Waals surface area contributed by atoms with E-state index in [0.717, 1.165) is 24.4 Å². The molecule has 0 radical (unpaired) electrons. The number of nitriles is 1. The van der Waals surface area contributed by atoms with Gasteiger partial charge in [-0.2, -0.15) is 5.26 Å². The smallest absolute Gasteiger partial charge is 0.101 e. The highest BCUT2D eigenvalue weighted by Gasteiger charge is 2.20. The van der Waals surface area contributed by atoms with Crippen LogP contribution in [0.1, 0.15) is 18.4 Å². The first-order chi connectivity index (χ1) is 8.70. The lowest BCUT2D eigenvalue weighted by Gasteiger charge is -2.21. The van der Waals surface area contributed by atoms with Gasteiger partial charge in [-0.3, -0.25) is 0 Å². The van der Waals surface area contributed by atoms with Crippen molar-refractivity contribution in [2.24, 2.45) is 0 Å². The van der Waals surface area contributed by atoms with E-state index in [0.29, 0.717) is 11.6 Å². The zero-order chi connectivity index (χ0) is 13.0. The predicted octanol–water partition coefficient (Wildman–Crippen LogP) is 2.30. The van der Waals surface area contributed by atoms with E-state index in [2.05, 4.69) is 22.9 Å². The zero-order valence-corrected chi connectivity index (χ0v) is 10.8. The van der Waals surface area contributed by atoms with E-state index < -0.39 is 0 Å². The maximum atomic E-state index is 9.07. The standard InChI is InChI=1S/C15H19N3/c1-12(10-17-14-7-8-14)11-18(2)15-6-4-3-5-13(15)9-16/h3-6,14,17H,1,7-8,10-11H2,2H3. The zero-order valence-electron chi connectivity index (χ0n) is 10.8. The molecule has 3 heteroatoms. The van der Waals surface area contributed by atoms with Crippen LogP contribution in [0.25, 0.3) is 0 Å². The van der Waals surface area contributed by atoms with E-state index >= 15 is 0 Å². The van der Waals surface area contributed by atoms with Crippen LogP contribution in [0.2, 0.25) is 0 Å². The molecule has 0 unspecified atom stereocenters. The summed E-state index contributed by atoms with van der Waals surface area (Å²) >= 11 is 0. The molecule has 94 valence electrons. The van der Waals surface area contributed by atoms with Crippen LogP contribution in [0.5, 0.6) is 0 Å². The third kappa shape index (κ3) is 3.35. The second-order valence-corrected chi connectivity index (χ2v) is 4.89. The lowest BCUT2D eigenvalue weighted by molar-refractivity contribution is 0.722. The summed E-state index contributed by atoms with van der Waals surface area (Å²) in [6.07, 6.45) is 2.58. The predicted molar refractivity (Wildman–Crippen MR) is 74.6 cm³/mol. The Balaban J connectivity index is 1.91. The number of nitrogens with one attached hydrogen (secondary N) is 1. The molecule has 0 heterocycles. The van der Waals surface area contributed by atoms with Crippen molar-refractivity contribution in [3.8, 4) is 6.07 Å². The number of rotatable bonds is 6. The average Bonchev–Trinajstić information content (AvgIpc) is 3.20. The molecule has 18 heavy (non-hydrogen) atoms. The molecule has 0 atom stereocenters. The molecule has 1 N–H and O–H groups in total. The summed E-state index contributed by atoms with van der Waals surface area (Å²) in [5.41, 5.74) is 2.83. The van der Waals surface area contributed by atoms with Gasteiger partial charge in [0.05, 0.1) is 11.3 Å². The number of hydrogen-bond acceptors (Lipinski definition) is 3. The fourth-order valence-electron chi connectivity index (χ4n) is 1.95. The van der Waals surface area contributed by atoms with Crippen LogP contribution in [-0.2, 0) is 0 Å². The van der Waals surface area contributed by atoms with Gasteiger partial charge in [-0.05, 0) is 30.5 Å². The molecular formula is C15H19N3. The van der Waals surface area contributed by atoms with Gasteiger partial charge < -0.3 is 10.2 Å². The molecule has 1 aromatic carbocycles. The summed E-state index contributed by atoms with van der Waals surface area (Å²) in [6.45, 7) is 5.73. The monoisotopic (exact) mass is 241 g/mol. The molecule has 3 nitrogen and oxygen atoms in total. The van der Waals surface area contributed by atoms with Gasteiger partial charge in [-0.15, -0.1) is 0 Å². The van der Waals surface area contributed by atoms with Gasteiger partial charge in [0.15, 0.2) is 0 Å². The van der Waals surface area contributed by atoms with E-state index in [9.17, 15) is 0 Å². The van der Waals surface area contributed by atoms with Crippen molar-refractivity contribution in [3.63, 3.8) is 0 Å². The van der Waals surface area contributed by atoms with Crippen LogP contribution in [0.15, 0.2) is 36.4 Å². The van der Waals surface area contributed by atoms with E-state index in [4.69, 9.17) is 5.26 Å². The summed E-state index contributed by atoms with van der Waals surface area (Å²) in [4.78, 5) is 2.08. The molecular weight excluding hydrogens is 222 g/mol. The van der Waals surface area contributed by atoms with Crippen LogP contribution in [0.3, 0.4) is 0 Å². The van der Waals surface area contributed by atoms with Gasteiger partial charge in [0, 0.05) is 26.2 Å². The minimum atomic E-state index is 0.707. The fraction of sp³-hybridized carbons (Fsp3) is 0.400. The number of hydrogen-bond donors (Lipinski definition) is 1. The van der Waals surface area contributed by atoms with Crippen molar-refractivity contribution in [2.75, 3.05) is 25.0 Å². The number of benzene rings is 1. The van der Waals surface area contributed by atoms with E-state index in [1.54, 1.807) is 0 Å². The summed E-state index contributed by atoms with van der Waals surface area (Å²) in [5, 5.41) is 12.5. The number of anilines is 1. The number of nitrogens with zero attached hydrogens (tertiary/aromatic N) is 2. The van der Waals surface area contributed by atoms with Gasteiger partial charge >= 0.3 is 0 Å². The molecule has 1 aromatic rings. The number of para-hydroxylation sites is 1. The molecule has 0 aromatic heterocycles. The molecule has 2 rings (SSSR count). The summed E-state index contributed by atoms with van der Waals surface area (Å²) in [6, 6.07) is 10.6. The molecule has 1 saturated carbocycles. The van der Waals surface area contributed by atoms with Crippen molar-refractivity contribution in [1.82, 2.24) is 5.32 Å². The van der Waals surface area contributed by atoms with Gasteiger partial charge in [0.25, 0.3) is 0 Å². The number of likely N-dealkylation sites (N-methyl/N-ethyl adjacent to an activating group) is 1. The Morgan fingerprint density at radius 1 is 1.50 bits per heavy atom. The first kappa shape index (κ1) is 12.7. The Hall–Kier alpha value is -1.79. The normalized spacial score (nSPS) is 14.0. The van der Waals surface area contributed by atoms with E-state index in [1.165, 1.54) is 12.8 Å². The van der Waals surface area contributed by atoms with E-state index in [-0.39, 0.29) is 0 Å². The van der Waals surface area contributed by atoms with Crippen LogP contribution in [0.4, 0.5) is 5.69 Å². The van der Waals surface area contributed by atoms with Gasteiger partial charge in [-0.1, -0.05) is 18.7 Å². The van der Waals surface area contributed by atoms with Crippen molar-refractivity contribution in [2.45, 2.75) is 18.9 Å². The Morgan fingerprint density at radius 3 is 2.89 bits per heavy atom. The maximum absolute atomic E-state index is 9.07. The first-order valence-corrected chi connectivity index (χ1v) is 6.31. The van der Waals surface area contributed by atoms with Crippen LogP contribution in [-0.4, -0.2) is 26.2 Å². The highest BCUT2D eigenvalue weighted by Crippen LogP contribution is 2.20. The van der Waals surface area contributed by atoms with Crippen molar-refractivity contribution in [1.29, 1.82) is 5.26 Å². The third-order valence-electron chi connectivity index (χ3n) is 3.11. The van der Waals surface area contributed by atoms with Gasteiger partial charge in [0.1, 0.15) is 6.07 Å². The third-order valence-corrected chi connectivity index (χ3v) is 3.11. The molecule has 0 bridgehead atoms. The first-order valence-electron chi connectivity index (χ1n) is 6.31. The molecule has 0 saturated heterocycles. The van der Waals surface area contributed by atoms with Crippen molar-refractivity contribution < 1.29 is 0 Å². The van der Waals surface area contributed by atoms with Crippen molar-refractivity contribution >= 4 is 5.69 Å². The highest BCUT2D eigenvalue weighted by atomic mass is 15.1. The second-order valence-electron chi connectivity index (χ2n) is 4.89. The van der Waals surface area contributed by atoms with Crippen molar-refractivity contribution in [3.05, 3.63) is 42.0 Å². The highest BCUT2D eigenvalue weighted by molar-refractivity contribution is 5.59. The molecule has 1 fully saturated rings. The average molecular weight is 241 g/mol. The van der Waals surface area contributed by atoms with Crippen LogP contribution in [0, 0.1) is 11.3 Å².